The smallest absolute Gasteiger partial charge is 0.375 e. The minimum Gasteiger partial charge on any atom is -0.375 e. The van der Waals surface area contributed by atoms with Crippen LogP contribution >= 0.6 is 0 Å². The Morgan fingerprint density at radius 1 is 1.03 bits per heavy atom. The van der Waals surface area contributed by atoms with Gasteiger partial charge in [0.15, 0.2) is 0 Å². The molecule has 0 amide bonds. The average Bonchev–Trinajstić information content (AvgIpc) is 3.38. The fraction of sp³-hybridized carbons (Fsp3) is 1.00. The molecule has 1 aliphatic heterocycles. The van der Waals surface area contributed by atoms with Gasteiger partial charge in [0.1, 0.15) is 0 Å². The highest BCUT2D eigenvalue weighted by atomic mass is 32.2. The van der Waals surface area contributed by atoms with E-state index in [1.165, 1.54) is 0 Å². The number of ether oxygens (including phenoxy) is 1. The molecule has 4 atom stereocenters. The average molecular weight is 440 g/mol. The van der Waals surface area contributed by atoms with Crippen molar-refractivity contribution < 1.29 is 26.3 Å². The van der Waals surface area contributed by atoms with E-state index in [0.717, 1.165) is 38.4 Å². The maximum atomic E-state index is 13.1. The van der Waals surface area contributed by atoms with Gasteiger partial charge in [-0.05, 0) is 63.7 Å². The lowest BCUT2D eigenvalue weighted by molar-refractivity contribution is -0.185. The van der Waals surface area contributed by atoms with Gasteiger partial charge in [0.2, 0.25) is 10.0 Å². The van der Waals surface area contributed by atoms with Crippen LogP contribution in [0.2, 0.25) is 0 Å². The van der Waals surface area contributed by atoms with Gasteiger partial charge in [-0.3, -0.25) is 0 Å². The van der Waals surface area contributed by atoms with Crippen molar-refractivity contribution in [3.8, 4) is 0 Å². The van der Waals surface area contributed by atoms with Gasteiger partial charge in [-0.15, -0.1) is 0 Å². The Bertz CT molecular complexity index is 678. The van der Waals surface area contributed by atoms with E-state index >= 15 is 0 Å². The lowest BCUT2D eigenvalue weighted by Crippen LogP contribution is -2.51. The van der Waals surface area contributed by atoms with Crippen LogP contribution in [0.5, 0.6) is 0 Å². The molecule has 0 aromatic rings. The molecule has 4 fully saturated rings. The van der Waals surface area contributed by atoms with Crippen LogP contribution in [0, 0.1) is 11.8 Å². The van der Waals surface area contributed by atoms with Gasteiger partial charge in [0, 0.05) is 24.7 Å². The van der Waals surface area contributed by atoms with Gasteiger partial charge in [0.05, 0.1) is 24.4 Å². The largest absolute Gasteiger partial charge is 0.391 e. The fourth-order valence-corrected chi connectivity index (χ4v) is 5.88. The lowest BCUT2D eigenvalue weighted by Gasteiger charge is -2.41. The number of rotatable bonds is 6. The minimum atomic E-state index is -4.11. The molecule has 10 heteroatoms. The molecule has 1 heterocycles. The van der Waals surface area contributed by atoms with Gasteiger partial charge in [-0.1, -0.05) is 0 Å². The Kier molecular flexibility index (Phi) is 6.21. The van der Waals surface area contributed by atoms with Gasteiger partial charge in [0.25, 0.3) is 0 Å². The van der Waals surface area contributed by atoms with Crippen LogP contribution in [0.3, 0.4) is 0 Å². The van der Waals surface area contributed by atoms with Crippen molar-refractivity contribution in [2.45, 2.75) is 94.3 Å². The molecule has 6 nitrogen and oxygen atoms in total. The van der Waals surface area contributed by atoms with Crippen LogP contribution < -0.4 is 10.1 Å². The zero-order valence-corrected chi connectivity index (χ0v) is 17.6. The molecule has 0 aromatic carbocycles. The van der Waals surface area contributed by atoms with Crippen LogP contribution in [0.1, 0.15) is 57.8 Å². The zero-order chi connectivity index (χ0) is 20.8. The summed E-state index contributed by atoms with van der Waals surface area (Å²) in [7, 11) is -3.29. The summed E-state index contributed by atoms with van der Waals surface area (Å²) in [5.74, 6) is -0.916. The maximum absolute atomic E-state index is 13.1. The molecule has 0 spiro atoms. The lowest BCUT2D eigenvalue weighted by atomic mass is 9.78. The molecular weight excluding hydrogens is 407 g/mol. The van der Waals surface area contributed by atoms with E-state index in [4.69, 9.17) is 4.74 Å². The van der Waals surface area contributed by atoms with E-state index in [1.807, 2.05) is 0 Å². The van der Waals surface area contributed by atoms with Crippen molar-refractivity contribution in [3.05, 3.63) is 0 Å². The Balaban J connectivity index is 1.42. The molecule has 3 saturated carbocycles. The molecule has 29 heavy (non-hydrogen) atoms. The second-order valence-corrected chi connectivity index (χ2v) is 11.1. The fourth-order valence-electron chi connectivity index (χ4n) is 5.40. The third-order valence-corrected chi connectivity index (χ3v) is 7.73. The van der Waals surface area contributed by atoms with Crippen LogP contribution in [0.15, 0.2) is 0 Å². The van der Waals surface area contributed by atoms with Gasteiger partial charge in [-0.2, -0.15) is 13.2 Å². The van der Waals surface area contributed by atoms with Crippen molar-refractivity contribution in [1.29, 1.82) is 0 Å². The Morgan fingerprint density at radius 3 is 2.28 bits per heavy atom. The van der Waals surface area contributed by atoms with Crippen LogP contribution in [-0.2, 0) is 14.8 Å². The Morgan fingerprint density at radius 2 is 1.69 bits per heavy atom. The Hall–Kier alpha value is -0.420. The normalized spacial score (nSPS) is 39.4. The first-order valence-corrected chi connectivity index (χ1v) is 12.7. The molecule has 4 unspecified atom stereocenters. The SMILES string of the molecule is CS(=O)(=O)NCC1NN(C2CCC(C(F)(F)F)CC2)C2CC(OC3CC3)CCC12. The van der Waals surface area contributed by atoms with Gasteiger partial charge < -0.3 is 4.74 Å². The van der Waals surface area contributed by atoms with E-state index in [1.54, 1.807) is 0 Å². The van der Waals surface area contributed by atoms with Crippen molar-refractivity contribution in [2.75, 3.05) is 12.8 Å². The summed E-state index contributed by atoms with van der Waals surface area (Å²) in [5, 5.41) is 2.17. The molecule has 168 valence electrons. The second-order valence-electron chi connectivity index (χ2n) is 9.31. The predicted octanol–water partition coefficient (Wildman–Crippen LogP) is 2.56. The summed E-state index contributed by atoms with van der Waals surface area (Å²) in [5.41, 5.74) is 3.49. The molecule has 0 bridgehead atoms. The number of hydrazine groups is 1. The molecular formula is C19H32F3N3O3S. The monoisotopic (exact) mass is 439 g/mol. The minimum absolute atomic E-state index is 0.0306. The van der Waals surface area contributed by atoms with Crippen molar-refractivity contribution in [3.63, 3.8) is 0 Å². The summed E-state index contributed by atoms with van der Waals surface area (Å²) >= 11 is 0. The number of sulfonamides is 1. The predicted molar refractivity (Wildman–Crippen MR) is 102 cm³/mol. The summed E-state index contributed by atoms with van der Waals surface area (Å²) in [4.78, 5) is 0. The zero-order valence-electron chi connectivity index (χ0n) is 16.8. The van der Waals surface area contributed by atoms with E-state index in [-0.39, 0.29) is 43.0 Å². The standard InChI is InChI=1S/C19H32F3N3O3S/c1-29(26,27)23-11-17-16-9-8-15(28-14-6-7-14)10-18(16)25(24-17)13-4-2-12(3-5-13)19(20,21)22/h12-18,23-24H,2-11H2,1H3. The van der Waals surface area contributed by atoms with Crippen LogP contribution in [0.25, 0.3) is 0 Å². The number of hydrogen-bond acceptors (Lipinski definition) is 5. The molecule has 0 radical (unpaired) electrons. The first-order chi connectivity index (χ1) is 13.6. The molecule has 0 aromatic heterocycles. The number of nitrogens with one attached hydrogen (secondary N) is 2. The Labute approximate surface area is 170 Å². The summed E-state index contributed by atoms with van der Waals surface area (Å²) in [6.07, 6.45) is 3.98. The number of halogens is 3. The number of nitrogens with zero attached hydrogens (tertiary/aromatic N) is 1. The molecule has 2 N–H and O–H groups in total. The van der Waals surface area contributed by atoms with Crippen molar-refractivity contribution in [1.82, 2.24) is 15.2 Å². The first-order valence-electron chi connectivity index (χ1n) is 10.8. The highest BCUT2D eigenvalue weighted by molar-refractivity contribution is 7.88. The number of hydrogen-bond donors (Lipinski definition) is 2. The maximum Gasteiger partial charge on any atom is 0.391 e. The highest BCUT2D eigenvalue weighted by Crippen LogP contribution is 2.43. The van der Waals surface area contributed by atoms with Crippen LogP contribution in [-0.4, -0.2) is 62.7 Å². The molecule has 3 aliphatic carbocycles. The number of fused-ring (bicyclic) bond motifs is 1. The van der Waals surface area contributed by atoms with Crippen molar-refractivity contribution >= 4 is 10.0 Å². The summed E-state index contributed by atoms with van der Waals surface area (Å²) in [6.45, 7) is 0.308. The van der Waals surface area contributed by atoms with E-state index in [9.17, 15) is 21.6 Å². The van der Waals surface area contributed by atoms with E-state index < -0.39 is 22.1 Å². The summed E-state index contributed by atoms with van der Waals surface area (Å²) < 4.78 is 71.0. The molecule has 1 saturated heterocycles. The highest BCUT2D eigenvalue weighted by Gasteiger charge is 2.50. The molecule has 4 rings (SSSR count). The first kappa shape index (κ1) is 21.8. The summed E-state index contributed by atoms with van der Waals surface area (Å²) in [6, 6.07) is 0.215. The van der Waals surface area contributed by atoms with Gasteiger partial charge >= 0.3 is 6.18 Å². The van der Waals surface area contributed by atoms with E-state index in [2.05, 4.69) is 15.2 Å². The van der Waals surface area contributed by atoms with Crippen molar-refractivity contribution in [2.24, 2.45) is 11.8 Å². The third-order valence-electron chi connectivity index (χ3n) is 7.04. The second kappa shape index (κ2) is 8.26. The van der Waals surface area contributed by atoms with Crippen LogP contribution in [0.4, 0.5) is 13.2 Å². The number of alkyl halides is 3. The molecule has 4 aliphatic rings. The van der Waals surface area contributed by atoms with E-state index in [0.29, 0.717) is 25.5 Å². The topological polar surface area (TPSA) is 70.7 Å². The van der Waals surface area contributed by atoms with Gasteiger partial charge in [-0.25, -0.2) is 23.6 Å². The quantitative estimate of drug-likeness (QED) is 0.666. The third kappa shape index (κ3) is 5.44.